The first-order valence-corrected chi connectivity index (χ1v) is 6.99. The molecule has 4 nitrogen and oxygen atoms in total. The van der Waals surface area contributed by atoms with Crippen LogP contribution in [0.3, 0.4) is 0 Å². The lowest BCUT2D eigenvalue weighted by molar-refractivity contribution is -0.143. The van der Waals surface area contributed by atoms with Crippen LogP contribution in [-0.2, 0) is 4.79 Å². The minimum Gasteiger partial charge on any atom is -0.481 e. The Kier molecular flexibility index (Phi) is 5.12. The van der Waals surface area contributed by atoms with Crippen LogP contribution in [0.15, 0.2) is 24.3 Å². The second-order valence-corrected chi connectivity index (χ2v) is 5.30. The lowest BCUT2D eigenvalue weighted by Gasteiger charge is -2.35. The Balaban J connectivity index is 2.02. The normalized spacial score (nSPS) is 21.2. The third-order valence-electron chi connectivity index (χ3n) is 3.94. The minimum atomic E-state index is -2.83. The Hall–Kier alpha value is -1.69. The average Bonchev–Trinajstić information content (AvgIpc) is 2.47. The molecule has 21 heavy (non-hydrogen) atoms. The van der Waals surface area contributed by atoms with E-state index in [0.29, 0.717) is 13.0 Å². The summed E-state index contributed by atoms with van der Waals surface area (Å²) in [5.74, 6) is -0.960. The van der Waals surface area contributed by atoms with Crippen molar-refractivity contribution in [1.29, 1.82) is 0 Å². The van der Waals surface area contributed by atoms with Crippen LogP contribution < -0.4 is 4.74 Å². The van der Waals surface area contributed by atoms with Gasteiger partial charge in [0.2, 0.25) is 0 Å². The van der Waals surface area contributed by atoms with Crippen molar-refractivity contribution in [3.63, 3.8) is 0 Å². The number of carboxylic acids is 1. The molecule has 1 aromatic rings. The predicted octanol–water partition coefficient (Wildman–Crippen LogP) is 3.15. The largest absolute Gasteiger partial charge is 0.481 e. The average molecular weight is 299 g/mol. The number of rotatable bonds is 5. The van der Waals surface area contributed by atoms with Gasteiger partial charge in [-0.1, -0.05) is 12.1 Å². The van der Waals surface area contributed by atoms with Crippen LogP contribution in [0.1, 0.15) is 31.4 Å². The maximum atomic E-state index is 12.1. The summed E-state index contributed by atoms with van der Waals surface area (Å²) in [6.07, 6.45) is 1.56. The van der Waals surface area contributed by atoms with Crippen molar-refractivity contribution < 1.29 is 23.4 Å². The molecule has 1 heterocycles. The monoisotopic (exact) mass is 299 g/mol. The van der Waals surface area contributed by atoms with Crippen LogP contribution in [0, 0.1) is 5.92 Å². The van der Waals surface area contributed by atoms with Gasteiger partial charge in [0.25, 0.3) is 0 Å². The van der Waals surface area contributed by atoms with Crippen LogP contribution in [0.5, 0.6) is 5.75 Å². The molecular formula is C15H19F2NO3. The molecule has 1 aliphatic heterocycles. The van der Waals surface area contributed by atoms with Gasteiger partial charge in [0, 0.05) is 12.6 Å². The fourth-order valence-electron chi connectivity index (χ4n) is 2.70. The van der Waals surface area contributed by atoms with Gasteiger partial charge in [0.05, 0.1) is 5.92 Å². The zero-order valence-electron chi connectivity index (χ0n) is 11.8. The van der Waals surface area contributed by atoms with Crippen molar-refractivity contribution in [2.75, 3.05) is 13.1 Å². The highest BCUT2D eigenvalue weighted by Crippen LogP contribution is 2.28. The zero-order chi connectivity index (χ0) is 15.4. The Morgan fingerprint density at radius 2 is 2.05 bits per heavy atom. The van der Waals surface area contributed by atoms with Crippen LogP contribution in [0.25, 0.3) is 0 Å². The number of alkyl halides is 2. The van der Waals surface area contributed by atoms with Gasteiger partial charge >= 0.3 is 12.6 Å². The van der Waals surface area contributed by atoms with E-state index >= 15 is 0 Å². The third-order valence-corrected chi connectivity index (χ3v) is 3.94. The molecule has 0 aliphatic carbocycles. The Bertz CT molecular complexity index is 478. The molecule has 1 N–H and O–H groups in total. The molecule has 1 aromatic carbocycles. The smallest absolute Gasteiger partial charge is 0.387 e. The topological polar surface area (TPSA) is 49.8 Å². The number of halogens is 2. The molecule has 1 saturated heterocycles. The highest BCUT2D eigenvalue weighted by atomic mass is 19.3. The first-order valence-electron chi connectivity index (χ1n) is 6.99. The van der Waals surface area contributed by atoms with Crippen molar-refractivity contribution in [1.82, 2.24) is 4.90 Å². The Morgan fingerprint density at radius 3 is 2.62 bits per heavy atom. The number of hydrogen-bond donors (Lipinski definition) is 1. The van der Waals surface area contributed by atoms with Gasteiger partial charge in [0.15, 0.2) is 0 Å². The van der Waals surface area contributed by atoms with Gasteiger partial charge in [-0.25, -0.2) is 0 Å². The van der Waals surface area contributed by atoms with Crippen molar-refractivity contribution in [2.45, 2.75) is 32.4 Å². The van der Waals surface area contributed by atoms with Crippen LogP contribution in [-0.4, -0.2) is 35.7 Å². The number of carboxylic acid groups (broad SMARTS) is 1. The second kappa shape index (κ2) is 6.85. The molecule has 1 aliphatic rings. The molecule has 0 amide bonds. The summed E-state index contributed by atoms with van der Waals surface area (Å²) >= 11 is 0. The number of hydrogen-bond acceptors (Lipinski definition) is 3. The summed E-state index contributed by atoms with van der Waals surface area (Å²) < 4.78 is 28.5. The van der Waals surface area contributed by atoms with Crippen LogP contribution >= 0.6 is 0 Å². The number of benzene rings is 1. The summed E-state index contributed by atoms with van der Waals surface area (Å²) in [5.41, 5.74) is 0.961. The van der Waals surface area contributed by atoms with Gasteiger partial charge in [-0.15, -0.1) is 0 Å². The van der Waals surface area contributed by atoms with E-state index in [9.17, 15) is 13.6 Å². The van der Waals surface area contributed by atoms with E-state index in [2.05, 4.69) is 9.64 Å². The van der Waals surface area contributed by atoms with E-state index in [1.165, 1.54) is 12.1 Å². The van der Waals surface area contributed by atoms with Crippen LogP contribution in [0.2, 0.25) is 0 Å². The summed E-state index contributed by atoms with van der Waals surface area (Å²) in [7, 11) is 0. The molecule has 2 atom stereocenters. The fraction of sp³-hybridized carbons (Fsp3) is 0.533. The number of likely N-dealkylation sites (tertiary alicyclic amines) is 1. The second-order valence-electron chi connectivity index (χ2n) is 5.30. The Morgan fingerprint density at radius 1 is 1.38 bits per heavy atom. The quantitative estimate of drug-likeness (QED) is 0.907. The van der Waals surface area contributed by atoms with Crippen molar-refractivity contribution >= 4 is 5.97 Å². The standard InChI is InChI=1S/C15H19F2NO3/c1-10(18-8-2-3-12(9-18)14(19)20)11-4-6-13(7-5-11)21-15(16)17/h4-7,10,12,15H,2-3,8-9H2,1H3,(H,19,20). The molecule has 0 spiro atoms. The first kappa shape index (κ1) is 15.7. The molecule has 0 radical (unpaired) electrons. The molecule has 6 heteroatoms. The summed E-state index contributed by atoms with van der Waals surface area (Å²) in [5, 5.41) is 9.11. The number of piperidine rings is 1. The van der Waals surface area contributed by atoms with E-state index in [4.69, 9.17) is 5.11 Å². The van der Waals surface area contributed by atoms with Gasteiger partial charge in [-0.3, -0.25) is 9.69 Å². The highest BCUT2D eigenvalue weighted by molar-refractivity contribution is 5.70. The fourth-order valence-corrected chi connectivity index (χ4v) is 2.70. The number of aliphatic carboxylic acids is 1. The molecule has 1 fully saturated rings. The zero-order valence-corrected chi connectivity index (χ0v) is 11.8. The molecule has 2 rings (SSSR count). The van der Waals surface area contributed by atoms with E-state index in [1.807, 2.05) is 6.92 Å². The highest BCUT2D eigenvalue weighted by Gasteiger charge is 2.28. The predicted molar refractivity (Wildman–Crippen MR) is 73.4 cm³/mol. The molecule has 116 valence electrons. The van der Waals surface area contributed by atoms with E-state index < -0.39 is 12.6 Å². The summed E-state index contributed by atoms with van der Waals surface area (Å²) in [6.45, 7) is 0.533. The van der Waals surface area contributed by atoms with Crippen molar-refractivity contribution in [2.24, 2.45) is 5.92 Å². The molecular weight excluding hydrogens is 280 g/mol. The van der Waals surface area contributed by atoms with Gasteiger partial charge in [-0.2, -0.15) is 8.78 Å². The lowest BCUT2D eigenvalue weighted by atomic mass is 9.95. The summed E-state index contributed by atoms with van der Waals surface area (Å²) in [4.78, 5) is 13.2. The van der Waals surface area contributed by atoms with Crippen molar-refractivity contribution in [3.05, 3.63) is 29.8 Å². The molecule has 2 unspecified atom stereocenters. The molecule has 0 bridgehead atoms. The molecule has 0 aromatic heterocycles. The first-order chi connectivity index (χ1) is 9.97. The van der Waals surface area contributed by atoms with E-state index in [0.717, 1.165) is 18.5 Å². The maximum Gasteiger partial charge on any atom is 0.387 e. The number of nitrogens with zero attached hydrogens (tertiary/aromatic N) is 1. The van der Waals surface area contributed by atoms with E-state index in [-0.39, 0.29) is 17.7 Å². The SMILES string of the molecule is CC(c1ccc(OC(F)F)cc1)N1CCCC(C(=O)O)C1. The molecule has 0 saturated carbocycles. The Labute approximate surface area is 122 Å². The lowest BCUT2D eigenvalue weighted by Crippen LogP contribution is -2.40. The van der Waals surface area contributed by atoms with Gasteiger partial charge in [0.1, 0.15) is 5.75 Å². The minimum absolute atomic E-state index is 0.0488. The van der Waals surface area contributed by atoms with Gasteiger partial charge < -0.3 is 9.84 Å². The van der Waals surface area contributed by atoms with E-state index in [1.54, 1.807) is 12.1 Å². The van der Waals surface area contributed by atoms with Crippen LogP contribution in [0.4, 0.5) is 8.78 Å². The summed E-state index contributed by atoms with van der Waals surface area (Å²) in [6, 6.07) is 6.56. The maximum absolute atomic E-state index is 12.1. The van der Waals surface area contributed by atoms with Crippen molar-refractivity contribution in [3.8, 4) is 5.75 Å². The number of carbonyl (C=O) groups is 1. The van der Waals surface area contributed by atoms with Gasteiger partial charge in [-0.05, 0) is 44.0 Å². The number of ether oxygens (including phenoxy) is 1. The third kappa shape index (κ3) is 4.14.